The average molecular weight is 212 g/mol. The summed E-state index contributed by atoms with van der Waals surface area (Å²) in [5.41, 5.74) is 5.65. The Labute approximate surface area is 90.9 Å². The summed E-state index contributed by atoms with van der Waals surface area (Å²) >= 11 is 0. The molecule has 1 saturated heterocycles. The van der Waals surface area contributed by atoms with Crippen molar-refractivity contribution in [1.29, 1.82) is 0 Å². The summed E-state index contributed by atoms with van der Waals surface area (Å²) in [6.07, 6.45) is 0. The maximum absolute atomic E-state index is 11.4. The standard InChI is InChI=1S/C10H20N4O/c1-10(2,3)12-9(11)14-6-5-13(4)8(15)7-14/h5-7H2,1-4H3,(H2,11,12). The molecule has 1 aliphatic rings. The van der Waals surface area contributed by atoms with Gasteiger partial charge in [0.1, 0.15) is 0 Å². The fourth-order valence-corrected chi connectivity index (χ4v) is 1.37. The van der Waals surface area contributed by atoms with Crippen LogP contribution < -0.4 is 5.73 Å². The summed E-state index contributed by atoms with van der Waals surface area (Å²) in [7, 11) is 1.80. The fraction of sp³-hybridized carbons (Fsp3) is 0.800. The molecule has 15 heavy (non-hydrogen) atoms. The van der Waals surface area contributed by atoms with Crippen LogP contribution in [0.4, 0.5) is 0 Å². The fourth-order valence-electron chi connectivity index (χ4n) is 1.37. The molecular formula is C10H20N4O. The third-order valence-electron chi connectivity index (χ3n) is 2.23. The van der Waals surface area contributed by atoms with E-state index < -0.39 is 0 Å². The van der Waals surface area contributed by atoms with Crippen LogP contribution in [-0.2, 0) is 4.79 Å². The lowest BCUT2D eigenvalue weighted by Gasteiger charge is -2.33. The molecule has 5 nitrogen and oxygen atoms in total. The highest BCUT2D eigenvalue weighted by atomic mass is 16.2. The molecule has 0 aromatic heterocycles. The Morgan fingerprint density at radius 1 is 1.40 bits per heavy atom. The maximum atomic E-state index is 11.4. The molecule has 0 unspecified atom stereocenters. The van der Waals surface area contributed by atoms with Gasteiger partial charge < -0.3 is 15.5 Å². The molecule has 0 aromatic carbocycles. The molecule has 0 aliphatic carbocycles. The molecule has 2 N–H and O–H groups in total. The van der Waals surface area contributed by atoms with Gasteiger partial charge in [0.15, 0.2) is 5.96 Å². The number of guanidine groups is 1. The number of nitrogens with zero attached hydrogens (tertiary/aromatic N) is 3. The third kappa shape index (κ3) is 3.42. The third-order valence-corrected chi connectivity index (χ3v) is 2.23. The molecule has 86 valence electrons. The molecular weight excluding hydrogens is 192 g/mol. The Morgan fingerprint density at radius 3 is 2.47 bits per heavy atom. The summed E-state index contributed by atoms with van der Waals surface area (Å²) in [6.45, 7) is 7.75. The van der Waals surface area contributed by atoms with E-state index in [4.69, 9.17) is 5.73 Å². The minimum Gasteiger partial charge on any atom is -0.370 e. The Balaban J connectivity index is 2.66. The van der Waals surface area contributed by atoms with E-state index in [1.807, 2.05) is 25.7 Å². The van der Waals surface area contributed by atoms with Gasteiger partial charge in [0, 0.05) is 20.1 Å². The average Bonchev–Trinajstić information content (AvgIpc) is 2.06. The molecule has 1 amide bonds. The van der Waals surface area contributed by atoms with Crippen LogP contribution in [0.5, 0.6) is 0 Å². The molecule has 1 heterocycles. The van der Waals surface area contributed by atoms with Crippen molar-refractivity contribution >= 4 is 11.9 Å². The van der Waals surface area contributed by atoms with Crippen LogP contribution in [0, 0.1) is 0 Å². The van der Waals surface area contributed by atoms with Crippen molar-refractivity contribution in [3.63, 3.8) is 0 Å². The van der Waals surface area contributed by atoms with Gasteiger partial charge in [0.05, 0.1) is 12.1 Å². The largest absolute Gasteiger partial charge is 0.370 e. The van der Waals surface area contributed by atoms with E-state index in [0.29, 0.717) is 19.0 Å². The van der Waals surface area contributed by atoms with Crippen molar-refractivity contribution in [3.05, 3.63) is 0 Å². The summed E-state index contributed by atoms with van der Waals surface area (Å²) in [5, 5.41) is 0. The van der Waals surface area contributed by atoms with Crippen LogP contribution in [0.15, 0.2) is 4.99 Å². The monoisotopic (exact) mass is 212 g/mol. The first kappa shape index (κ1) is 11.8. The Kier molecular flexibility index (Phi) is 3.21. The molecule has 0 spiro atoms. The Morgan fingerprint density at radius 2 is 2.00 bits per heavy atom. The zero-order chi connectivity index (χ0) is 11.6. The number of carbonyl (C=O) groups excluding carboxylic acids is 1. The molecule has 1 aliphatic heterocycles. The van der Waals surface area contributed by atoms with Crippen LogP contribution in [0.25, 0.3) is 0 Å². The van der Waals surface area contributed by atoms with Gasteiger partial charge in [-0.3, -0.25) is 4.79 Å². The molecule has 0 saturated carbocycles. The number of amides is 1. The molecule has 0 bridgehead atoms. The number of aliphatic imine (C=N–C) groups is 1. The molecule has 0 atom stereocenters. The number of nitrogens with two attached hydrogens (primary N) is 1. The number of carbonyl (C=O) groups is 1. The van der Waals surface area contributed by atoms with Gasteiger partial charge in [-0.1, -0.05) is 0 Å². The van der Waals surface area contributed by atoms with E-state index in [0.717, 1.165) is 6.54 Å². The summed E-state index contributed by atoms with van der Waals surface area (Å²) in [5.74, 6) is 0.553. The predicted molar refractivity (Wildman–Crippen MR) is 60.6 cm³/mol. The lowest BCUT2D eigenvalue weighted by Crippen LogP contribution is -2.53. The first-order valence-corrected chi connectivity index (χ1v) is 5.14. The molecule has 0 aromatic rings. The second-order valence-electron chi connectivity index (χ2n) is 4.88. The van der Waals surface area contributed by atoms with Gasteiger partial charge >= 0.3 is 0 Å². The first-order valence-electron chi connectivity index (χ1n) is 5.14. The summed E-state index contributed by atoms with van der Waals surface area (Å²) < 4.78 is 0. The number of likely N-dealkylation sites (N-methyl/N-ethyl adjacent to an activating group) is 1. The second-order valence-corrected chi connectivity index (χ2v) is 4.88. The van der Waals surface area contributed by atoms with Crippen molar-refractivity contribution in [2.24, 2.45) is 10.7 Å². The lowest BCUT2D eigenvalue weighted by molar-refractivity contribution is -0.132. The first-order chi connectivity index (χ1) is 6.79. The highest BCUT2D eigenvalue weighted by Gasteiger charge is 2.23. The Hall–Kier alpha value is -1.26. The van der Waals surface area contributed by atoms with Crippen molar-refractivity contribution < 1.29 is 4.79 Å². The van der Waals surface area contributed by atoms with E-state index in [1.54, 1.807) is 11.9 Å². The number of rotatable bonds is 0. The topological polar surface area (TPSA) is 61.9 Å². The zero-order valence-electron chi connectivity index (χ0n) is 9.95. The molecule has 0 radical (unpaired) electrons. The highest BCUT2D eigenvalue weighted by Crippen LogP contribution is 2.08. The van der Waals surface area contributed by atoms with Crippen LogP contribution in [0.1, 0.15) is 20.8 Å². The lowest BCUT2D eigenvalue weighted by atomic mass is 10.1. The highest BCUT2D eigenvalue weighted by molar-refractivity contribution is 5.86. The van der Waals surface area contributed by atoms with Crippen LogP contribution >= 0.6 is 0 Å². The SMILES string of the molecule is CN1CCN(C(N)=NC(C)(C)C)CC1=O. The number of piperazine rings is 1. The molecule has 1 fully saturated rings. The smallest absolute Gasteiger partial charge is 0.242 e. The van der Waals surface area contributed by atoms with Crippen LogP contribution in [0.3, 0.4) is 0 Å². The quantitative estimate of drug-likeness (QED) is 0.449. The van der Waals surface area contributed by atoms with Gasteiger partial charge in [-0.15, -0.1) is 0 Å². The van der Waals surface area contributed by atoms with Crippen molar-refractivity contribution in [3.8, 4) is 0 Å². The summed E-state index contributed by atoms with van der Waals surface area (Å²) in [6, 6.07) is 0. The van der Waals surface area contributed by atoms with Crippen molar-refractivity contribution in [2.45, 2.75) is 26.3 Å². The maximum Gasteiger partial charge on any atom is 0.242 e. The van der Waals surface area contributed by atoms with Gasteiger partial charge in [0.2, 0.25) is 5.91 Å². The Bertz CT molecular complexity index is 280. The van der Waals surface area contributed by atoms with Gasteiger partial charge in [-0.2, -0.15) is 0 Å². The molecule has 5 heteroatoms. The summed E-state index contributed by atoms with van der Waals surface area (Å²) in [4.78, 5) is 19.3. The van der Waals surface area contributed by atoms with Gasteiger partial charge in [0.25, 0.3) is 0 Å². The van der Waals surface area contributed by atoms with E-state index >= 15 is 0 Å². The normalized spacial score (nSPS) is 19.7. The van der Waals surface area contributed by atoms with E-state index in [9.17, 15) is 4.79 Å². The van der Waals surface area contributed by atoms with E-state index in [1.165, 1.54) is 0 Å². The number of hydrogen-bond donors (Lipinski definition) is 1. The van der Waals surface area contributed by atoms with E-state index in [2.05, 4.69) is 4.99 Å². The second kappa shape index (κ2) is 4.08. The van der Waals surface area contributed by atoms with Gasteiger partial charge in [-0.05, 0) is 20.8 Å². The van der Waals surface area contributed by atoms with Gasteiger partial charge in [-0.25, -0.2) is 4.99 Å². The van der Waals surface area contributed by atoms with Crippen molar-refractivity contribution in [1.82, 2.24) is 9.80 Å². The minimum atomic E-state index is -0.198. The molecule has 1 rings (SSSR count). The van der Waals surface area contributed by atoms with Crippen LogP contribution in [0.2, 0.25) is 0 Å². The van der Waals surface area contributed by atoms with E-state index in [-0.39, 0.29) is 11.4 Å². The zero-order valence-corrected chi connectivity index (χ0v) is 9.95. The predicted octanol–water partition coefficient (Wildman–Crippen LogP) is -0.126. The van der Waals surface area contributed by atoms with Crippen molar-refractivity contribution in [2.75, 3.05) is 26.7 Å². The number of hydrogen-bond acceptors (Lipinski definition) is 2. The minimum absolute atomic E-state index is 0.0910. The van der Waals surface area contributed by atoms with Crippen LogP contribution in [-0.4, -0.2) is 53.9 Å².